The van der Waals surface area contributed by atoms with Crippen molar-refractivity contribution < 1.29 is 18.4 Å². The van der Waals surface area contributed by atoms with Crippen molar-refractivity contribution >= 4 is 22.7 Å². The van der Waals surface area contributed by atoms with E-state index in [-0.39, 0.29) is 17.8 Å². The smallest absolute Gasteiger partial charge is 0.322 e. The summed E-state index contributed by atoms with van der Waals surface area (Å²) < 4.78 is 16.8. The van der Waals surface area contributed by atoms with Crippen molar-refractivity contribution in [1.82, 2.24) is 10.2 Å². The molecule has 0 bridgehead atoms. The molecule has 0 aliphatic heterocycles. The fourth-order valence-corrected chi connectivity index (χ4v) is 3.15. The van der Waals surface area contributed by atoms with Crippen LogP contribution in [0.15, 0.2) is 51.3 Å². The van der Waals surface area contributed by atoms with Crippen LogP contribution in [0.25, 0.3) is 22.2 Å². The van der Waals surface area contributed by atoms with Crippen molar-refractivity contribution in [2.75, 3.05) is 11.9 Å². The zero-order valence-electron chi connectivity index (χ0n) is 15.8. The van der Waals surface area contributed by atoms with Crippen LogP contribution in [0.4, 0.5) is 6.01 Å². The van der Waals surface area contributed by atoms with Gasteiger partial charge in [-0.15, -0.1) is 5.10 Å². The lowest BCUT2D eigenvalue weighted by Gasteiger charge is -2.12. The number of amides is 1. The van der Waals surface area contributed by atoms with Gasteiger partial charge in [-0.1, -0.05) is 35.4 Å². The van der Waals surface area contributed by atoms with Crippen molar-refractivity contribution in [3.63, 3.8) is 0 Å². The predicted molar refractivity (Wildman–Crippen MR) is 105 cm³/mol. The highest BCUT2D eigenvalue weighted by atomic mass is 16.5. The van der Waals surface area contributed by atoms with Gasteiger partial charge in [-0.3, -0.25) is 10.1 Å². The average molecular weight is 377 g/mol. The molecule has 0 spiro atoms. The van der Waals surface area contributed by atoms with Gasteiger partial charge >= 0.3 is 6.01 Å². The Morgan fingerprint density at radius 1 is 1.11 bits per heavy atom. The Kier molecular flexibility index (Phi) is 4.57. The summed E-state index contributed by atoms with van der Waals surface area (Å²) in [6.07, 6.45) is 0. The molecule has 0 atom stereocenters. The topological polar surface area (TPSA) is 90.4 Å². The van der Waals surface area contributed by atoms with Crippen LogP contribution in [-0.2, 0) is 0 Å². The molecule has 142 valence electrons. The van der Waals surface area contributed by atoms with Gasteiger partial charge in [0.15, 0.2) is 0 Å². The highest BCUT2D eigenvalue weighted by Crippen LogP contribution is 2.30. The minimum Gasteiger partial charge on any atom is -0.493 e. The summed E-state index contributed by atoms with van der Waals surface area (Å²) in [6.45, 7) is 5.97. The van der Waals surface area contributed by atoms with E-state index in [1.165, 1.54) is 0 Å². The van der Waals surface area contributed by atoms with Crippen LogP contribution in [0, 0.1) is 13.8 Å². The SMILES string of the molecule is CCOc1ccc2ccccc2c1C(=O)Nc1nnc(-c2cc(C)oc2C)o1. The monoisotopic (exact) mass is 377 g/mol. The van der Waals surface area contributed by atoms with E-state index in [9.17, 15) is 4.79 Å². The van der Waals surface area contributed by atoms with Crippen molar-refractivity contribution in [2.45, 2.75) is 20.8 Å². The van der Waals surface area contributed by atoms with Crippen LogP contribution >= 0.6 is 0 Å². The summed E-state index contributed by atoms with van der Waals surface area (Å²) in [7, 11) is 0. The number of benzene rings is 2. The molecule has 2 aromatic carbocycles. The van der Waals surface area contributed by atoms with Gasteiger partial charge in [0, 0.05) is 0 Å². The normalized spacial score (nSPS) is 11.0. The minimum atomic E-state index is -0.379. The van der Waals surface area contributed by atoms with Crippen molar-refractivity contribution in [3.8, 4) is 17.2 Å². The number of nitrogens with zero attached hydrogens (tertiary/aromatic N) is 2. The molecule has 0 saturated carbocycles. The summed E-state index contributed by atoms with van der Waals surface area (Å²) in [5.41, 5.74) is 1.13. The summed E-state index contributed by atoms with van der Waals surface area (Å²) in [6, 6.07) is 13.2. The molecule has 0 unspecified atom stereocenters. The third-order valence-corrected chi connectivity index (χ3v) is 4.33. The first-order chi connectivity index (χ1) is 13.6. The summed E-state index contributed by atoms with van der Waals surface area (Å²) >= 11 is 0. The van der Waals surface area contributed by atoms with Crippen molar-refractivity contribution in [1.29, 1.82) is 0 Å². The summed E-state index contributed by atoms with van der Waals surface area (Å²) in [5.74, 6) is 1.82. The lowest BCUT2D eigenvalue weighted by atomic mass is 10.0. The van der Waals surface area contributed by atoms with E-state index in [1.54, 1.807) is 6.07 Å². The molecule has 4 rings (SSSR count). The number of anilines is 1. The maximum absolute atomic E-state index is 13.0. The van der Waals surface area contributed by atoms with E-state index in [0.717, 1.165) is 16.5 Å². The second-order valence-electron chi connectivity index (χ2n) is 6.29. The van der Waals surface area contributed by atoms with Crippen molar-refractivity contribution in [2.24, 2.45) is 0 Å². The number of rotatable bonds is 5. The Morgan fingerprint density at radius 3 is 2.68 bits per heavy atom. The second-order valence-corrected chi connectivity index (χ2v) is 6.29. The summed E-state index contributed by atoms with van der Waals surface area (Å²) in [5, 5.41) is 12.3. The number of furan rings is 1. The van der Waals surface area contributed by atoms with Crippen LogP contribution in [0.2, 0.25) is 0 Å². The molecule has 0 aliphatic carbocycles. The molecule has 0 aliphatic rings. The number of ether oxygens (including phenoxy) is 1. The van der Waals surface area contributed by atoms with Gasteiger partial charge in [0.05, 0.1) is 17.7 Å². The highest BCUT2D eigenvalue weighted by Gasteiger charge is 2.20. The molecular formula is C21H19N3O4. The Bertz CT molecular complexity index is 1160. The zero-order valence-corrected chi connectivity index (χ0v) is 15.8. The maximum atomic E-state index is 13.0. The Labute approximate surface area is 161 Å². The molecule has 0 fully saturated rings. The molecule has 1 N–H and O–H groups in total. The first-order valence-electron chi connectivity index (χ1n) is 8.93. The number of aromatic nitrogens is 2. The van der Waals surface area contributed by atoms with E-state index in [4.69, 9.17) is 13.6 Å². The van der Waals surface area contributed by atoms with Crippen LogP contribution in [0.1, 0.15) is 28.8 Å². The van der Waals surface area contributed by atoms with Crippen LogP contribution in [0.3, 0.4) is 0 Å². The molecule has 0 saturated heterocycles. The molecule has 2 aromatic heterocycles. The average Bonchev–Trinajstić information content (AvgIpc) is 3.27. The van der Waals surface area contributed by atoms with Gasteiger partial charge in [0.1, 0.15) is 17.3 Å². The minimum absolute atomic E-state index is 0.00800. The predicted octanol–water partition coefficient (Wildman–Crippen LogP) is 4.75. The molecule has 2 heterocycles. The van der Waals surface area contributed by atoms with Gasteiger partial charge < -0.3 is 13.6 Å². The first-order valence-corrected chi connectivity index (χ1v) is 8.93. The quantitative estimate of drug-likeness (QED) is 0.540. The van der Waals surface area contributed by atoms with E-state index in [2.05, 4.69) is 15.5 Å². The number of hydrogen-bond donors (Lipinski definition) is 1. The molecule has 28 heavy (non-hydrogen) atoms. The first kappa shape index (κ1) is 17.8. The maximum Gasteiger partial charge on any atom is 0.322 e. The largest absolute Gasteiger partial charge is 0.493 e. The van der Waals surface area contributed by atoms with Gasteiger partial charge in [0.25, 0.3) is 11.8 Å². The van der Waals surface area contributed by atoms with Crippen LogP contribution in [-0.4, -0.2) is 22.7 Å². The number of nitrogens with one attached hydrogen (secondary N) is 1. The fraction of sp³-hybridized carbons (Fsp3) is 0.190. The van der Waals surface area contributed by atoms with Crippen LogP contribution in [0.5, 0.6) is 5.75 Å². The van der Waals surface area contributed by atoms with Gasteiger partial charge in [-0.05, 0) is 43.7 Å². The van der Waals surface area contributed by atoms with Crippen LogP contribution < -0.4 is 10.1 Å². The standard InChI is InChI=1S/C21H19N3O4/c1-4-26-17-10-9-14-7-5-6-8-15(14)18(17)19(25)22-21-24-23-20(28-21)16-11-12(2)27-13(16)3/h5-11H,4H2,1-3H3,(H,22,24,25). The van der Waals surface area contributed by atoms with E-state index < -0.39 is 0 Å². The molecule has 7 nitrogen and oxygen atoms in total. The Balaban J connectivity index is 1.68. The van der Waals surface area contributed by atoms with Gasteiger partial charge in [-0.2, -0.15) is 0 Å². The molecule has 1 amide bonds. The number of carbonyl (C=O) groups excluding carboxylic acids is 1. The highest BCUT2D eigenvalue weighted by molar-refractivity contribution is 6.14. The third-order valence-electron chi connectivity index (χ3n) is 4.33. The van der Waals surface area contributed by atoms with E-state index in [1.807, 2.05) is 57.2 Å². The number of hydrogen-bond acceptors (Lipinski definition) is 6. The Hall–Kier alpha value is -3.61. The number of aryl methyl sites for hydroxylation is 2. The molecule has 0 radical (unpaired) electrons. The summed E-state index contributed by atoms with van der Waals surface area (Å²) in [4.78, 5) is 13.0. The molecule has 7 heteroatoms. The van der Waals surface area contributed by atoms with Gasteiger partial charge in [0.2, 0.25) is 0 Å². The van der Waals surface area contributed by atoms with Crippen molar-refractivity contribution in [3.05, 3.63) is 59.5 Å². The zero-order chi connectivity index (χ0) is 19.7. The second kappa shape index (κ2) is 7.19. The number of fused-ring (bicyclic) bond motifs is 1. The third kappa shape index (κ3) is 3.22. The fourth-order valence-electron chi connectivity index (χ4n) is 3.15. The van der Waals surface area contributed by atoms with Gasteiger partial charge in [-0.25, -0.2) is 0 Å². The number of carbonyl (C=O) groups is 1. The molecular weight excluding hydrogens is 358 g/mol. The Morgan fingerprint density at radius 2 is 1.93 bits per heavy atom. The van der Waals surface area contributed by atoms with E-state index in [0.29, 0.717) is 29.2 Å². The lowest BCUT2D eigenvalue weighted by Crippen LogP contribution is -2.14. The van der Waals surface area contributed by atoms with E-state index >= 15 is 0 Å². The lowest BCUT2D eigenvalue weighted by molar-refractivity contribution is 0.102. The molecule has 4 aromatic rings.